The third kappa shape index (κ3) is 2.19. The van der Waals surface area contributed by atoms with Gasteiger partial charge in [-0.3, -0.25) is 0 Å². The van der Waals surface area contributed by atoms with Crippen LogP contribution in [0.1, 0.15) is 25.7 Å². The first-order valence-electron chi connectivity index (χ1n) is 5.87. The molecule has 14 heavy (non-hydrogen) atoms. The van der Waals surface area contributed by atoms with E-state index in [1.165, 1.54) is 31.7 Å². The summed E-state index contributed by atoms with van der Waals surface area (Å²) >= 11 is 0. The average Bonchev–Trinajstić information content (AvgIpc) is 2.47. The maximum atomic E-state index is 3.59. The normalized spacial score (nSPS) is 26.9. The van der Waals surface area contributed by atoms with Gasteiger partial charge in [-0.2, -0.15) is 0 Å². The molecule has 0 aliphatic heterocycles. The fraction of sp³-hybridized carbons (Fsp3) is 0.692. The largest absolute Gasteiger partial charge is 0.0695 e. The predicted molar refractivity (Wildman–Crippen MR) is 65.0 cm³/mol. The molecule has 1 atom stereocenters. The second-order valence-corrected chi connectivity index (χ2v) is 11.4. The van der Waals surface area contributed by atoms with E-state index < -0.39 is 8.07 Å². The van der Waals surface area contributed by atoms with Crippen molar-refractivity contribution in [3.8, 4) is 0 Å². The summed E-state index contributed by atoms with van der Waals surface area (Å²) in [6.45, 7) is 7.40. The lowest BCUT2D eigenvalue weighted by atomic mass is 9.89. The van der Waals surface area contributed by atoms with E-state index in [1.54, 1.807) is 11.1 Å². The molecule has 0 fully saturated rings. The van der Waals surface area contributed by atoms with Crippen LogP contribution in [-0.4, -0.2) is 8.07 Å². The van der Waals surface area contributed by atoms with E-state index in [0.29, 0.717) is 5.92 Å². The van der Waals surface area contributed by atoms with Gasteiger partial charge in [0.25, 0.3) is 0 Å². The summed E-state index contributed by atoms with van der Waals surface area (Å²) in [7, 11) is -0.915. The molecule has 1 radical (unpaired) electrons. The van der Waals surface area contributed by atoms with Crippen LogP contribution in [0.15, 0.2) is 17.2 Å². The first kappa shape index (κ1) is 10.2. The van der Waals surface area contributed by atoms with E-state index >= 15 is 0 Å². The first-order valence-corrected chi connectivity index (χ1v) is 9.58. The quantitative estimate of drug-likeness (QED) is 0.593. The molecule has 1 unspecified atom stereocenters. The van der Waals surface area contributed by atoms with Crippen molar-refractivity contribution in [2.45, 2.75) is 51.4 Å². The Bertz CT molecular complexity index is 278. The summed E-state index contributed by atoms with van der Waals surface area (Å²) in [5.41, 5.74) is 3.39. The van der Waals surface area contributed by atoms with Crippen molar-refractivity contribution >= 4 is 8.07 Å². The molecule has 0 aromatic carbocycles. The van der Waals surface area contributed by atoms with E-state index in [0.717, 1.165) is 0 Å². The molecular weight excluding hydrogens is 184 g/mol. The SMILES string of the molecule is C[Si](C)(C)CC1[C]=CC2=C1CCCC2. The van der Waals surface area contributed by atoms with Gasteiger partial charge in [0.15, 0.2) is 0 Å². The summed E-state index contributed by atoms with van der Waals surface area (Å²) in [4.78, 5) is 0. The van der Waals surface area contributed by atoms with Gasteiger partial charge < -0.3 is 0 Å². The molecule has 0 saturated heterocycles. The van der Waals surface area contributed by atoms with Crippen molar-refractivity contribution in [2.24, 2.45) is 5.92 Å². The molecule has 1 heteroatoms. The molecule has 2 aliphatic carbocycles. The third-order valence-corrected chi connectivity index (χ3v) is 4.88. The van der Waals surface area contributed by atoms with Crippen LogP contribution in [0.3, 0.4) is 0 Å². The van der Waals surface area contributed by atoms with Crippen LogP contribution in [0.5, 0.6) is 0 Å². The summed E-state index contributed by atoms with van der Waals surface area (Å²) < 4.78 is 0. The van der Waals surface area contributed by atoms with Crippen LogP contribution in [0.4, 0.5) is 0 Å². The van der Waals surface area contributed by atoms with Crippen molar-refractivity contribution in [1.82, 2.24) is 0 Å². The van der Waals surface area contributed by atoms with Crippen molar-refractivity contribution in [3.05, 3.63) is 23.3 Å². The molecule has 0 aromatic rings. The monoisotopic (exact) mass is 205 g/mol. The van der Waals surface area contributed by atoms with Crippen molar-refractivity contribution in [1.29, 1.82) is 0 Å². The zero-order valence-electron chi connectivity index (χ0n) is 9.69. The Morgan fingerprint density at radius 3 is 2.71 bits per heavy atom. The second-order valence-electron chi connectivity index (χ2n) is 5.89. The molecule has 0 heterocycles. The van der Waals surface area contributed by atoms with E-state index in [1.807, 2.05) is 0 Å². The number of hydrogen-bond donors (Lipinski definition) is 0. The molecule has 0 amide bonds. The van der Waals surface area contributed by atoms with E-state index in [9.17, 15) is 0 Å². The van der Waals surface area contributed by atoms with Gasteiger partial charge in [0.2, 0.25) is 0 Å². The topological polar surface area (TPSA) is 0 Å². The minimum absolute atomic E-state index is 0.706. The molecule has 0 saturated carbocycles. The Morgan fingerprint density at radius 1 is 1.29 bits per heavy atom. The fourth-order valence-electron chi connectivity index (χ4n) is 2.61. The predicted octanol–water partition coefficient (Wildman–Crippen LogP) is 4.18. The highest BCUT2D eigenvalue weighted by Crippen LogP contribution is 2.39. The van der Waals surface area contributed by atoms with Gasteiger partial charge in [-0.15, -0.1) is 0 Å². The van der Waals surface area contributed by atoms with Gasteiger partial charge in [0.1, 0.15) is 0 Å². The smallest absolute Gasteiger partial charge is 0.0451 e. The summed E-state index contributed by atoms with van der Waals surface area (Å²) in [6.07, 6.45) is 11.4. The van der Waals surface area contributed by atoms with Gasteiger partial charge in [-0.05, 0) is 43.4 Å². The van der Waals surface area contributed by atoms with Crippen LogP contribution in [-0.2, 0) is 0 Å². The zero-order valence-corrected chi connectivity index (χ0v) is 10.7. The van der Waals surface area contributed by atoms with Gasteiger partial charge in [0, 0.05) is 14.0 Å². The molecule has 77 valence electrons. The van der Waals surface area contributed by atoms with Crippen LogP contribution >= 0.6 is 0 Å². The van der Waals surface area contributed by atoms with Crippen LogP contribution in [0.25, 0.3) is 0 Å². The Kier molecular flexibility index (Phi) is 2.69. The maximum Gasteiger partial charge on any atom is 0.0451 e. The molecule has 2 aliphatic rings. The van der Waals surface area contributed by atoms with E-state index in [-0.39, 0.29) is 0 Å². The van der Waals surface area contributed by atoms with Crippen molar-refractivity contribution < 1.29 is 0 Å². The lowest BCUT2D eigenvalue weighted by Gasteiger charge is -2.24. The van der Waals surface area contributed by atoms with E-state index in [2.05, 4.69) is 31.8 Å². The lowest BCUT2D eigenvalue weighted by Crippen LogP contribution is -2.24. The summed E-state index contributed by atoms with van der Waals surface area (Å²) in [5, 5.41) is 0. The van der Waals surface area contributed by atoms with Crippen molar-refractivity contribution in [3.63, 3.8) is 0 Å². The van der Waals surface area contributed by atoms with Crippen molar-refractivity contribution in [2.75, 3.05) is 0 Å². The Morgan fingerprint density at radius 2 is 2.00 bits per heavy atom. The van der Waals surface area contributed by atoms with Crippen LogP contribution < -0.4 is 0 Å². The fourth-order valence-corrected chi connectivity index (χ4v) is 4.20. The Labute approximate surface area is 89.1 Å². The molecule has 2 rings (SSSR count). The van der Waals surface area contributed by atoms with Gasteiger partial charge in [0.05, 0.1) is 0 Å². The molecule has 0 nitrogen and oxygen atoms in total. The molecular formula is C13H21Si. The van der Waals surface area contributed by atoms with Crippen LogP contribution in [0.2, 0.25) is 25.7 Å². The summed E-state index contributed by atoms with van der Waals surface area (Å²) in [6, 6.07) is 1.41. The third-order valence-electron chi connectivity index (χ3n) is 3.25. The Balaban J connectivity index is 2.09. The molecule has 0 N–H and O–H groups in total. The minimum atomic E-state index is -0.915. The number of hydrogen-bond acceptors (Lipinski definition) is 0. The molecule has 0 aromatic heterocycles. The highest BCUT2D eigenvalue weighted by Gasteiger charge is 2.27. The van der Waals surface area contributed by atoms with Gasteiger partial charge in [-0.25, -0.2) is 0 Å². The number of allylic oxidation sites excluding steroid dienone is 4. The van der Waals surface area contributed by atoms with E-state index in [4.69, 9.17) is 0 Å². The lowest BCUT2D eigenvalue weighted by molar-refractivity contribution is 0.638. The highest BCUT2D eigenvalue weighted by molar-refractivity contribution is 6.76. The van der Waals surface area contributed by atoms with Gasteiger partial charge in [-0.1, -0.05) is 31.3 Å². The maximum absolute atomic E-state index is 3.59. The second kappa shape index (κ2) is 3.69. The average molecular weight is 205 g/mol. The molecule has 0 spiro atoms. The standard InChI is InChI=1S/C13H21Si/c1-14(2,3)10-12-9-8-11-6-4-5-7-13(11)12/h8,12H,4-7,10H2,1-3H3. The minimum Gasteiger partial charge on any atom is -0.0695 e. The summed E-state index contributed by atoms with van der Waals surface area (Å²) in [5.74, 6) is 0.706. The highest BCUT2D eigenvalue weighted by atomic mass is 28.3. The Hall–Kier alpha value is -0.303. The van der Waals surface area contributed by atoms with Gasteiger partial charge >= 0.3 is 0 Å². The first-order chi connectivity index (χ1) is 6.56. The van der Waals surface area contributed by atoms with Crippen LogP contribution in [0, 0.1) is 12.0 Å². The molecule has 0 bridgehead atoms. The zero-order chi connectivity index (χ0) is 10.2. The number of rotatable bonds is 2.